The number of hydrogen-bond donors (Lipinski definition) is 0. The van der Waals surface area contributed by atoms with E-state index in [1.807, 2.05) is 6.92 Å². The zero-order chi connectivity index (χ0) is 6.74. The van der Waals surface area contributed by atoms with Crippen LogP contribution in [-0.2, 0) is 4.74 Å². The number of ether oxygens (including phenoxy) is 1. The van der Waals surface area contributed by atoms with Gasteiger partial charge in [-0.15, -0.1) is 0 Å². The maximum Gasteiger partial charge on any atom is 0.0779 e. The quantitative estimate of drug-likeness (QED) is 0.489. The lowest BCUT2D eigenvalue weighted by Gasteiger charge is -2.25. The number of hydrogen-bond acceptors (Lipinski definition) is 2. The van der Waals surface area contributed by atoms with Crippen molar-refractivity contribution in [3.05, 3.63) is 0 Å². The summed E-state index contributed by atoms with van der Waals surface area (Å²) in [6.07, 6.45) is 2.02. The summed E-state index contributed by atoms with van der Waals surface area (Å²) >= 11 is 0. The molecule has 0 aliphatic carbocycles. The number of nitriles is 1. The van der Waals surface area contributed by atoms with Crippen LogP contribution in [0.25, 0.3) is 0 Å². The molecule has 1 fully saturated rings. The molecule has 1 aliphatic heterocycles. The summed E-state index contributed by atoms with van der Waals surface area (Å²) in [6, 6.07) is 2.26. The minimum Gasteiger partial charge on any atom is -0.380 e. The molecule has 2 nitrogen and oxygen atoms in total. The monoisotopic (exact) mass is 125 g/mol. The molecule has 0 spiro atoms. The van der Waals surface area contributed by atoms with Crippen molar-refractivity contribution in [2.75, 3.05) is 13.2 Å². The maximum atomic E-state index is 8.62. The van der Waals surface area contributed by atoms with Crippen LogP contribution in [0, 0.1) is 16.7 Å². The lowest BCUT2D eigenvalue weighted by Crippen LogP contribution is -2.26. The van der Waals surface area contributed by atoms with Crippen LogP contribution in [0.1, 0.15) is 19.8 Å². The van der Waals surface area contributed by atoms with E-state index < -0.39 is 0 Å². The molecule has 1 heterocycles. The van der Waals surface area contributed by atoms with Gasteiger partial charge in [0.05, 0.1) is 18.1 Å². The van der Waals surface area contributed by atoms with Crippen molar-refractivity contribution >= 4 is 0 Å². The van der Waals surface area contributed by atoms with E-state index in [1.54, 1.807) is 0 Å². The normalized spacial score (nSPS) is 35.6. The zero-order valence-corrected chi connectivity index (χ0v) is 5.68. The minimum absolute atomic E-state index is 0.196. The molecule has 0 amide bonds. The van der Waals surface area contributed by atoms with Crippen molar-refractivity contribution < 1.29 is 4.74 Å². The molecule has 9 heavy (non-hydrogen) atoms. The zero-order valence-electron chi connectivity index (χ0n) is 5.68. The Kier molecular flexibility index (Phi) is 1.73. The molecule has 1 rings (SSSR count). The predicted molar refractivity (Wildman–Crippen MR) is 33.8 cm³/mol. The van der Waals surface area contributed by atoms with Crippen LogP contribution in [0.3, 0.4) is 0 Å². The highest BCUT2D eigenvalue weighted by atomic mass is 16.5. The molecular formula is C7H11NO. The van der Waals surface area contributed by atoms with Crippen molar-refractivity contribution in [1.82, 2.24) is 0 Å². The third kappa shape index (κ3) is 1.43. The Bertz CT molecular complexity index is 130. The lowest BCUT2D eigenvalue weighted by atomic mass is 9.87. The molecule has 0 aromatic carbocycles. The van der Waals surface area contributed by atoms with Crippen LogP contribution in [0.5, 0.6) is 0 Å². The maximum absolute atomic E-state index is 8.62. The second kappa shape index (κ2) is 2.36. The van der Waals surface area contributed by atoms with E-state index in [1.165, 1.54) is 0 Å². The fourth-order valence-electron chi connectivity index (χ4n) is 1.02. The fraction of sp³-hybridized carbons (Fsp3) is 0.857. The van der Waals surface area contributed by atoms with Gasteiger partial charge in [0.1, 0.15) is 0 Å². The summed E-state index contributed by atoms with van der Waals surface area (Å²) in [5.41, 5.74) is -0.196. The van der Waals surface area contributed by atoms with Gasteiger partial charge in [-0.2, -0.15) is 5.26 Å². The molecule has 0 N–H and O–H groups in total. The molecular weight excluding hydrogens is 114 g/mol. The largest absolute Gasteiger partial charge is 0.380 e. The summed E-state index contributed by atoms with van der Waals surface area (Å²) in [7, 11) is 0. The molecule has 0 bridgehead atoms. The highest BCUT2D eigenvalue weighted by molar-refractivity contribution is 4.96. The summed E-state index contributed by atoms with van der Waals surface area (Å²) < 4.78 is 5.15. The molecule has 0 aromatic heterocycles. The first-order valence-electron chi connectivity index (χ1n) is 3.26. The van der Waals surface area contributed by atoms with E-state index in [4.69, 9.17) is 10.00 Å². The van der Waals surface area contributed by atoms with Crippen LogP contribution >= 0.6 is 0 Å². The molecule has 2 heteroatoms. The summed E-state index contributed by atoms with van der Waals surface area (Å²) in [5, 5.41) is 8.62. The van der Waals surface area contributed by atoms with E-state index in [2.05, 4.69) is 6.07 Å². The lowest BCUT2D eigenvalue weighted by molar-refractivity contribution is 0.0311. The topological polar surface area (TPSA) is 33.0 Å². The second-order valence-corrected chi connectivity index (χ2v) is 2.83. The fourth-order valence-corrected chi connectivity index (χ4v) is 1.02. The third-order valence-electron chi connectivity index (χ3n) is 1.71. The Hall–Kier alpha value is -0.550. The minimum atomic E-state index is -0.196. The Labute approximate surface area is 55.4 Å². The van der Waals surface area contributed by atoms with E-state index in [0.29, 0.717) is 6.61 Å². The van der Waals surface area contributed by atoms with E-state index in [-0.39, 0.29) is 5.41 Å². The highest BCUT2D eigenvalue weighted by Crippen LogP contribution is 2.26. The van der Waals surface area contributed by atoms with Gasteiger partial charge >= 0.3 is 0 Å². The number of nitrogens with zero attached hydrogens (tertiary/aromatic N) is 1. The highest BCUT2D eigenvalue weighted by Gasteiger charge is 2.26. The van der Waals surface area contributed by atoms with Gasteiger partial charge in [0.2, 0.25) is 0 Å². The van der Waals surface area contributed by atoms with Crippen molar-refractivity contribution in [3.63, 3.8) is 0 Å². The second-order valence-electron chi connectivity index (χ2n) is 2.83. The van der Waals surface area contributed by atoms with Crippen molar-refractivity contribution in [1.29, 1.82) is 5.26 Å². The summed E-state index contributed by atoms with van der Waals surface area (Å²) in [4.78, 5) is 0. The van der Waals surface area contributed by atoms with Gasteiger partial charge in [-0.1, -0.05) is 0 Å². The first-order valence-corrected chi connectivity index (χ1v) is 3.26. The average molecular weight is 125 g/mol. The van der Waals surface area contributed by atoms with Crippen molar-refractivity contribution in [2.45, 2.75) is 19.8 Å². The van der Waals surface area contributed by atoms with Gasteiger partial charge in [0.15, 0.2) is 0 Å². The molecule has 50 valence electrons. The predicted octanol–water partition coefficient (Wildman–Crippen LogP) is 1.33. The van der Waals surface area contributed by atoms with E-state index in [9.17, 15) is 0 Å². The van der Waals surface area contributed by atoms with E-state index in [0.717, 1.165) is 19.4 Å². The standard InChI is InChI=1S/C7H11NO/c1-7(5-8)3-2-4-9-6-7/h2-4,6H2,1H3. The smallest absolute Gasteiger partial charge is 0.0779 e. The van der Waals surface area contributed by atoms with Crippen LogP contribution in [-0.4, -0.2) is 13.2 Å². The molecule has 0 radical (unpaired) electrons. The van der Waals surface area contributed by atoms with Crippen LogP contribution < -0.4 is 0 Å². The van der Waals surface area contributed by atoms with Gasteiger partial charge in [-0.05, 0) is 19.8 Å². The molecule has 1 saturated heterocycles. The Balaban J connectivity index is 2.49. The molecule has 0 aromatic rings. The van der Waals surface area contributed by atoms with Crippen molar-refractivity contribution in [2.24, 2.45) is 5.41 Å². The molecule has 1 unspecified atom stereocenters. The molecule has 0 saturated carbocycles. The van der Waals surface area contributed by atoms with E-state index >= 15 is 0 Å². The number of rotatable bonds is 0. The summed E-state index contributed by atoms with van der Waals surface area (Å²) in [5.74, 6) is 0. The Morgan fingerprint density at radius 2 is 2.44 bits per heavy atom. The van der Waals surface area contributed by atoms with Gasteiger partial charge in [0, 0.05) is 6.61 Å². The molecule has 1 aliphatic rings. The van der Waals surface area contributed by atoms with Crippen molar-refractivity contribution in [3.8, 4) is 6.07 Å². The third-order valence-corrected chi connectivity index (χ3v) is 1.71. The van der Waals surface area contributed by atoms with Gasteiger partial charge < -0.3 is 4.74 Å². The summed E-state index contributed by atoms with van der Waals surface area (Å²) in [6.45, 7) is 3.40. The SMILES string of the molecule is CC1(C#N)CCCOC1. The molecule has 1 atom stereocenters. The Morgan fingerprint density at radius 1 is 1.67 bits per heavy atom. The first kappa shape index (κ1) is 6.57. The van der Waals surface area contributed by atoms with Gasteiger partial charge in [-0.3, -0.25) is 0 Å². The average Bonchev–Trinajstić information content (AvgIpc) is 1.90. The Morgan fingerprint density at radius 3 is 2.78 bits per heavy atom. The first-order chi connectivity index (χ1) is 4.27. The van der Waals surface area contributed by atoms with Gasteiger partial charge in [-0.25, -0.2) is 0 Å². The van der Waals surface area contributed by atoms with Crippen LogP contribution in [0.2, 0.25) is 0 Å². The van der Waals surface area contributed by atoms with Crippen LogP contribution in [0.4, 0.5) is 0 Å². The van der Waals surface area contributed by atoms with Crippen LogP contribution in [0.15, 0.2) is 0 Å². The van der Waals surface area contributed by atoms with Gasteiger partial charge in [0.25, 0.3) is 0 Å².